The quantitative estimate of drug-likeness (QED) is 0.505. The zero-order valence-corrected chi connectivity index (χ0v) is 19.3. The number of rotatable bonds is 10. The molecule has 0 fully saturated rings. The average molecular weight is 453 g/mol. The van der Waals surface area contributed by atoms with Crippen molar-refractivity contribution in [3.63, 3.8) is 0 Å². The van der Waals surface area contributed by atoms with Gasteiger partial charge in [0.1, 0.15) is 6.61 Å². The lowest BCUT2D eigenvalue weighted by Gasteiger charge is -2.22. The monoisotopic (exact) mass is 452 g/mol. The van der Waals surface area contributed by atoms with Crippen molar-refractivity contribution in [2.24, 2.45) is 17.8 Å². The predicted molar refractivity (Wildman–Crippen MR) is 126 cm³/mol. The Bertz CT molecular complexity index is 958. The van der Waals surface area contributed by atoms with Gasteiger partial charge in [-0.25, -0.2) is 4.79 Å². The third-order valence-electron chi connectivity index (χ3n) is 6.32. The van der Waals surface area contributed by atoms with Crippen LogP contribution in [0.1, 0.15) is 44.2 Å². The Kier molecular flexibility index (Phi) is 8.09. The fourth-order valence-electron chi connectivity index (χ4n) is 4.24. The molecule has 2 aromatic rings. The lowest BCUT2D eigenvalue weighted by molar-refractivity contribution is -0.141. The Morgan fingerprint density at radius 1 is 0.939 bits per heavy atom. The summed E-state index contributed by atoms with van der Waals surface area (Å²) in [4.78, 5) is 36.2. The van der Waals surface area contributed by atoms with E-state index in [0.29, 0.717) is 6.42 Å². The molecule has 0 saturated carbocycles. The Hall–Kier alpha value is -3.35. The van der Waals surface area contributed by atoms with E-state index in [1.165, 1.54) is 0 Å². The summed E-state index contributed by atoms with van der Waals surface area (Å²) in [5, 5.41) is 14.6. The number of fused-ring (bicyclic) bond motifs is 3. The number of carboxylic acid groups (broad SMARTS) is 1. The number of carbonyl (C=O) groups is 3. The van der Waals surface area contributed by atoms with Gasteiger partial charge in [-0.15, -0.1) is 0 Å². The maximum absolute atomic E-state index is 12.6. The molecular formula is C26H32N2O5. The van der Waals surface area contributed by atoms with Crippen molar-refractivity contribution in [1.82, 2.24) is 10.6 Å². The first-order valence-corrected chi connectivity index (χ1v) is 11.4. The smallest absolute Gasteiger partial charge is 0.407 e. The van der Waals surface area contributed by atoms with Gasteiger partial charge in [0.2, 0.25) is 5.91 Å². The van der Waals surface area contributed by atoms with Gasteiger partial charge in [0.25, 0.3) is 0 Å². The number of ether oxygens (including phenoxy) is 1. The molecule has 2 unspecified atom stereocenters. The van der Waals surface area contributed by atoms with Crippen molar-refractivity contribution in [2.45, 2.75) is 33.1 Å². The Balaban J connectivity index is 1.55. The van der Waals surface area contributed by atoms with Crippen LogP contribution in [0.25, 0.3) is 11.1 Å². The SMILES string of the molecule is CCC(CNC(=O)C(CNC(=O)OCC1c2ccccc2-c2ccccc21)C(C)C)C(=O)O. The third-order valence-corrected chi connectivity index (χ3v) is 6.32. The van der Waals surface area contributed by atoms with Crippen LogP contribution >= 0.6 is 0 Å². The lowest BCUT2D eigenvalue weighted by atomic mass is 9.94. The first-order chi connectivity index (χ1) is 15.8. The summed E-state index contributed by atoms with van der Waals surface area (Å²) in [5.41, 5.74) is 4.58. The van der Waals surface area contributed by atoms with Crippen LogP contribution in [0.15, 0.2) is 48.5 Å². The molecule has 7 heteroatoms. The minimum absolute atomic E-state index is 0.0330. The van der Waals surface area contributed by atoms with E-state index in [9.17, 15) is 14.4 Å². The standard InChI is InChI=1S/C26H32N2O5/c1-4-17(25(30)31)13-27-24(29)22(16(2)3)14-28-26(32)33-15-23-20-11-7-5-9-18(20)19-10-6-8-12-21(19)23/h5-12,16-17,22-23H,4,13-15H2,1-3H3,(H,27,29)(H,28,32)(H,30,31). The van der Waals surface area contributed by atoms with Crippen LogP contribution in [0.4, 0.5) is 4.79 Å². The van der Waals surface area contributed by atoms with E-state index >= 15 is 0 Å². The second kappa shape index (κ2) is 11.0. The van der Waals surface area contributed by atoms with Gasteiger partial charge in [-0.05, 0) is 34.6 Å². The van der Waals surface area contributed by atoms with Crippen molar-refractivity contribution in [1.29, 1.82) is 0 Å². The fourth-order valence-corrected chi connectivity index (χ4v) is 4.24. The summed E-state index contributed by atoms with van der Waals surface area (Å²) < 4.78 is 5.54. The minimum atomic E-state index is -0.935. The molecule has 0 radical (unpaired) electrons. The maximum Gasteiger partial charge on any atom is 0.407 e. The number of amides is 2. The van der Waals surface area contributed by atoms with Crippen LogP contribution in [-0.4, -0.2) is 42.8 Å². The Morgan fingerprint density at radius 3 is 2.03 bits per heavy atom. The highest BCUT2D eigenvalue weighted by molar-refractivity contribution is 5.81. The molecule has 3 rings (SSSR count). The topological polar surface area (TPSA) is 105 Å². The van der Waals surface area contributed by atoms with Crippen molar-refractivity contribution in [3.05, 3.63) is 59.7 Å². The first-order valence-electron chi connectivity index (χ1n) is 11.4. The molecule has 0 saturated heterocycles. The van der Waals surface area contributed by atoms with E-state index in [-0.39, 0.29) is 37.4 Å². The summed E-state index contributed by atoms with van der Waals surface area (Å²) in [6.07, 6.45) is -0.146. The molecule has 0 aromatic heterocycles. The van der Waals surface area contributed by atoms with Gasteiger partial charge in [-0.3, -0.25) is 9.59 Å². The average Bonchev–Trinajstić information content (AvgIpc) is 3.11. The summed E-state index contributed by atoms with van der Waals surface area (Å²) in [5.74, 6) is -2.40. The number of nitrogens with one attached hydrogen (secondary N) is 2. The first kappa shape index (κ1) is 24.3. The van der Waals surface area contributed by atoms with Gasteiger partial charge in [0, 0.05) is 19.0 Å². The summed E-state index contributed by atoms with van der Waals surface area (Å²) >= 11 is 0. The van der Waals surface area contributed by atoms with Crippen molar-refractivity contribution >= 4 is 18.0 Å². The highest BCUT2D eigenvalue weighted by atomic mass is 16.5. The highest BCUT2D eigenvalue weighted by Gasteiger charge is 2.29. The molecule has 0 heterocycles. The molecule has 2 aromatic carbocycles. The predicted octanol–water partition coefficient (Wildman–Crippen LogP) is 4.02. The number of carboxylic acids is 1. The molecule has 0 aliphatic heterocycles. The molecule has 176 valence electrons. The van der Waals surface area contributed by atoms with E-state index in [0.717, 1.165) is 22.3 Å². The largest absolute Gasteiger partial charge is 0.481 e. The minimum Gasteiger partial charge on any atom is -0.481 e. The molecule has 1 aliphatic carbocycles. The second-order valence-electron chi connectivity index (χ2n) is 8.75. The van der Waals surface area contributed by atoms with E-state index in [2.05, 4.69) is 34.9 Å². The number of hydrogen-bond acceptors (Lipinski definition) is 4. The molecule has 2 amide bonds. The molecular weight excluding hydrogens is 420 g/mol. The zero-order valence-electron chi connectivity index (χ0n) is 19.3. The van der Waals surface area contributed by atoms with E-state index in [1.54, 1.807) is 6.92 Å². The zero-order chi connectivity index (χ0) is 24.0. The maximum atomic E-state index is 12.6. The third kappa shape index (κ3) is 5.72. The molecule has 7 nitrogen and oxygen atoms in total. The number of aliphatic carboxylic acids is 1. The van der Waals surface area contributed by atoms with Gasteiger partial charge >= 0.3 is 12.1 Å². The lowest BCUT2D eigenvalue weighted by Crippen LogP contribution is -2.43. The molecule has 2 atom stereocenters. The number of carbonyl (C=O) groups excluding carboxylic acids is 2. The normalized spacial score (nSPS) is 14.2. The summed E-state index contributed by atoms with van der Waals surface area (Å²) in [6.45, 7) is 5.93. The molecule has 1 aliphatic rings. The van der Waals surface area contributed by atoms with Crippen molar-refractivity contribution in [2.75, 3.05) is 19.7 Å². The highest BCUT2D eigenvalue weighted by Crippen LogP contribution is 2.44. The van der Waals surface area contributed by atoms with Gasteiger partial charge in [-0.2, -0.15) is 0 Å². The van der Waals surface area contributed by atoms with E-state index < -0.39 is 23.9 Å². The van der Waals surface area contributed by atoms with Gasteiger partial charge in [0.05, 0.1) is 11.8 Å². The van der Waals surface area contributed by atoms with Gasteiger partial charge < -0.3 is 20.5 Å². The molecule has 33 heavy (non-hydrogen) atoms. The van der Waals surface area contributed by atoms with Gasteiger partial charge in [0.15, 0.2) is 0 Å². The van der Waals surface area contributed by atoms with Crippen LogP contribution in [-0.2, 0) is 14.3 Å². The number of benzene rings is 2. The number of hydrogen-bond donors (Lipinski definition) is 3. The molecule has 0 bridgehead atoms. The van der Waals surface area contributed by atoms with Crippen LogP contribution < -0.4 is 10.6 Å². The summed E-state index contributed by atoms with van der Waals surface area (Å²) in [6, 6.07) is 16.2. The van der Waals surface area contributed by atoms with Crippen LogP contribution in [0.5, 0.6) is 0 Å². The van der Waals surface area contributed by atoms with E-state index in [1.807, 2.05) is 38.1 Å². The Morgan fingerprint density at radius 2 is 1.52 bits per heavy atom. The summed E-state index contributed by atoms with van der Waals surface area (Å²) in [7, 11) is 0. The van der Waals surface area contributed by atoms with Crippen LogP contribution in [0, 0.1) is 17.8 Å². The number of alkyl carbamates (subject to hydrolysis) is 1. The Labute approximate surface area is 194 Å². The van der Waals surface area contributed by atoms with Crippen molar-refractivity contribution < 1.29 is 24.2 Å². The van der Waals surface area contributed by atoms with E-state index in [4.69, 9.17) is 9.84 Å². The molecule has 3 N–H and O–H groups in total. The van der Waals surface area contributed by atoms with Crippen LogP contribution in [0.3, 0.4) is 0 Å². The molecule has 0 spiro atoms. The van der Waals surface area contributed by atoms with Crippen LogP contribution in [0.2, 0.25) is 0 Å². The fraction of sp³-hybridized carbons (Fsp3) is 0.423. The second-order valence-corrected chi connectivity index (χ2v) is 8.75. The van der Waals surface area contributed by atoms with Crippen molar-refractivity contribution in [3.8, 4) is 11.1 Å². The van der Waals surface area contributed by atoms with Gasteiger partial charge in [-0.1, -0.05) is 69.3 Å².